The normalized spacial score (nSPS) is 15.6. The van der Waals surface area contributed by atoms with Gasteiger partial charge in [0.2, 0.25) is 0 Å². The molecule has 86 heavy (non-hydrogen) atoms. The van der Waals surface area contributed by atoms with Gasteiger partial charge >= 0.3 is 512 Å². The molecule has 410 valence electrons. The van der Waals surface area contributed by atoms with Gasteiger partial charge in [-0.05, 0) is 0 Å². The van der Waals surface area contributed by atoms with E-state index in [0.717, 1.165) is 109 Å². The van der Waals surface area contributed by atoms with Crippen molar-refractivity contribution in [3.05, 3.63) is 277 Å². The summed E-state index contributed by atoms with van der Waals surface area (Å²) < 4.78 is 9.23. The average molecular weight is 1280 g/mol. The summed E-state index contributed by atoms with van der Waals surface area (Å²) in [6.45, 7) is 9.64. The van der Waals surface area contributed by atoms with Crippen molar-refractivity contribution in [2.45, 2.75) is 38.5 Å². The number of para-hydroxylation sites is 4. The first-order valence-corrected chi connectivity index (χ1v) is 31.9. The molecule has 12 aromatic rings. The summed E-state index contributed by atoms with van der Waals surface area (Å²) >= 11 is -1.33. The third kappa shape index (κ3) is 6.64. The molecule has 0 unspecified atom stereocenters. The average Bonchev–Trinajstić information content (AvgIpc) is 1.56. The van der Waals surface area contributed by atoms with E-state index in [1.54, 1.807) is 0 Å². The van der Waals surface area contributed by atoms with Gasteiger partial charge in [0.05, 0.1) is 0 Å². The number of rotatable bonds is 2. The molecule has 2 aliphatic carbocycles. The van der Waals surface area contributed by atoms with Crippen LogP contribution in [-0.4, -0.2) is 8.29 Å². The van der Waals surface area contributed by atoms with Gasteiger partial charge in [-0.2, -0.15) is 0 Å². The number of nitrogens with zero attached hydrogens (tertiary/aromatic N) is 4. The summed E-state index contributed by atoms with van der Waals surface area (Å²) in [7, 11) is 0. The van der Waals surface area contributed by atoms with Crippen LogP contribution in [0.4, 0.5) is 45.5 Å². The Balaban J connectivity index is 1.10. The standard InChI is InChI=1S/C80H52N4O.Pt/c1-79(2)69-33-29-51-37-65(69)66-38-52(30-34-70(66)79)62-42-56(50-19-9-6-10-20-50)44-64-54-32-36-72-68(40-54)67-39-53(31-35-71(67)80(72,3)4)63-43-55(49-17-7-5-8-18-49)41-61(51)77(63)83-47-81(73-25-11-13-27-75(73)83)57-21-15-23-59(45-57)85-60-24-16-22-58(46-60)82-48-84(78(62)64)76-28-14-12-26-74(76)82;/h5-44H,1-4H3;/q-2;. The van der Waals surface area contributed by atoms with Crippen molar-refractivity contribution in [1.29, 1.82) is 0 Å². The zero-order chi connectivity index (χ0) is 56.9. The van der Waals surface area contributed by atoms with Crippen molar-refractivity contribution < 1.29 is 22.4 Å². The molecule has 5 nitrogen and oxygen atoms in total. The molecule has 0 amide bonds. The Hall–Kier alpha value is -9.93. The molecule has 5 aliphatic heterocycles. The topological polar surface area (TPSA) is 22.2 Å². The van der Waals surface area contributed by atoms with E-state index in [1.165, 1.54) is 55.6 Å². The molecule has 0 aromatic heterocycles. The van der Waals surface area contributed by atoms with Crippen molar-refractivity contribution in [1.82, 2.24) is 0 Å². The Bertz CT molecular complexity index is 4640. The van der Waals surface area contributed by atoms with Crippen LogP contribution in [0, 0.1) is 12.1 Å². The van der Waals surface area contributed by atoms with E-state index >= 15 is 0 Å². The van der Waals surface area contributed by atoms with Gasteiger partial charge in [-0.3, -0.25) is 0 Å². The van der Waals surface area contributed by atoms with Crippen molar-refractivity contribution >= 4 is 53.8 Å². The van der Waals surface area contributed by atoms with Gasteiger partial charge in [0.1, 0.15) is 0 Å². The molecular weight excluding hydrogens is 1230 g/mol. The Morgan fingerprint density at radius 1 is 0.291 bits per heavy atom. The molecule has 0 saturated heterocycles. The van der Waals surface area contributed by atoms with E-state index < -0.39 is 17.6 Å². The van der Waals surface area contributed by atoms with Gasteiger partial charge in [-0.1, -0.05) is 0 Å². The Morgan fingerprint density at radius 2 is 0.605 bits per heavy atom. The van der Waals surface area contributed by atoms with Crippen LogP contribution >= 0.6 is 0 Å². The third-order valence-electron chi connectivity index (χ3n) is 19.2. The fraction of sp³-hybridized carbons (Fsp3) is 0.0750. The summed E-state index contributed by atoms with van der Waals surface area (Å²) in [5.74, 6) is 1.25. The van der Waals surface area contributed by atoms with Gasteiger partial charge in [-0.15, -0.1) is 0 Å². The summed E-state index contributed by atoms with van der Waals surface area (Å²) in [5, 5.41) is 0. The van der Waals surface area contributed by atoms with E-state index in [2.05, 4.69) is 290 Å². The van der Waals surface area contributed by atoms with Crippen molar-refractivity contribution in [2.24, 2.45) is 0 Å². The molecule has 6 heteroatoms. The number of benzene rings is 12. The predicted octanol–water partition coefficient (Wildman–Crippen LogP) is 20.2. The van der Waals surface area contributed by atoms with E-state index in [9.17, 15) is 0 Å². The zero-order valence-corrected chi connectivity index (χ0v) is 49.9. The number of hydrogen-bond donors (Lipinski definition) is 0. The van der Waals surface area contributed by atoms with Crippen molar-refractivity contribution in [2.75, 3.05) is 19.6 Å². The first-order valence-electron chi connectivity index (χ1n) is 29.6. The van der Waals surface area contributed by atoms with E-state index in [-0.39, 0.29) is 10.8 Å². The second-order valence-electron chi connectivity index (χ2n) is 24.6. The molecule has 19 rings (SSSR count). The van der Waals surface area contributed by atoms with E-state index in [1.807, 2.05) is 12.1 Å². The number of fused-ring (bicyclic) bond motifs is 18. The van der Waals surface area contributed by atoms with Gasteiger partial charge in [-0.25, -0.2) is 0 Å². The summed E-state index contributed by atoms with van der Waals surface area (Å²) in [6.07, 6.45) is 0. The maximum atomic E-state index is 6.91. The number of ether oxygens (including phenoxy) is 1. The Labute approximate surface area is 508 Å². The molecule has 0 radical (unpaired) electrons. The summed E-state index contributed by atoms with van der Waals surface area (Å²) in [6, 6.07) is 100.0. The predicted molar refractivity (Wildman–Crippen MR) is 350 cm³/mol. The van der Waals surface area contributed by atoms with Crippen LogP contribution in [-0.2, 0) is 28.5 Å². The van der Waals surface area contributed by atoms with Crippen LogP contribution < -0.4 is 24.3 Å². The van der Waals surface area contributed by atoms with Gasteiger partial charge < -0.3 is 0 Å². The van der Waals surface area contributed by atoms with Crippen LogP contribution in [0.1, 0.15) is 49.9 Å². The molecular formula is C80H52N4OPt-2. The Kier molecular flexibility index (Phi) is 9.77. The molecule has 0 fully saturated rings. The third-order valence-corrected chi connectivity index (χ3v) is 22.3. The fourth-order valence-electron chi connectivity index (χ4n) is 15.1. The second kappa shape index (κ2) is 17.3. The van der Waals surface area contributed by atoms with Crippen LogP contribution in [0.2, 0.25) is 0 Å². The number of hydrogen-bond acceptors (Lipinski definition) is 5. The van der Waals surface area contributed by atoms with Crippen LogP contribution in [0.25, 0.3) is 89.0 Å². The van der Waals surface area contributed by atoms with Crippen LogP contribution in [0.3, 0.4) is 0 Å². The van der Waals surface area contributed by atoms with Crippen molar-refractivity contribution in [3.63, 3.8) is 0 Å². The monoisotopic (exact) mass is 1280 g/mol. The fourth-order valence-corrected chi connectivity index (χ4v) is 18.7. The first-order chi connectivity index (χ1) is 42.1. The van der Waals surface area contributed by atoms with E-state index in [0.29, 0.717) is 11.5 Å². The molecule has 7 aliphatic rings. The van der Waals surface area contributed by atoms with E-state index in [4.69, 9.17) is 4.74 Å². The second-order valence-corrected chi connectivity index (χ2v) is 27.2. The molecule has 16 bridgehead atoms. The molecule has 12 aromatic carbocycles. The minimum atomic E-state index is -1.33. The summed E-state index contributed by atoms with van der Waals surface area (Å²) in [5.41, 5.74) is 32.2. The van der Waals surface area contributed by atoms with Crippen LogP contribution in [0.15, 0.2) is 243 Å². The quantitative estimate of drug-likeness (QED) is 0.160. The SMILES string of the molecule is CC1(C)c2ccc3cc2-c2cc(ccc21)-c1cc(-c2ccccc2)cc2c1N1[C]4=[Pt]=[C]5N(c6[c-]c(ccc6)Oc6[c-]c(ccc6)N4c4ccccc41)c1ccccc1N5c1c-3cc(-c3ccccc3)cc1-c1ccc3c(c1)-c1cc-2ccc1C3(C)C. The maximum absolute atomic E-state index is 6.91. The summed E-state index contributed by atoms with van der Waals surface area (Å²) in [4.78, 5) is 10.4. The first kappa shape index (κ1) is 48.4. The zero-order valence-electron chi connectivity index (χ0n) is 47.6. The molecule has 0 atom stereocenters. The van der Waals surface area contributed by atoms with Gasteiger partial charge in [0, 0.05) is 0 Å². The molecule has 0 spiro atoms. The van der Waals surface area contributed by atoms with Gasteiger partial charge in [0.25, 0.3) is 0 Å². The van der Waals surface area contributed by atoms with Crippen LogP contribution in [0.5, 0.6) is 11.5 Å². The molecule has 0 saturated carbocycles. The van der Waals surface area contributed by atoms with Gasteiger partial charge in [0.15, 0.2) is 0 Å². The van der Waals surface area contributed by atoms with Crippen molar-refractivity contribution in [3.8, 4) is 101 Å². The molecule has 0 N–H and O–H groups in total. The molecule has 5 heterocycles. The minimum absolute atomic E-state index is 0.260. The Morgan fingerprint density at radius 3 is 0.953 bits per heavy atom. The number of anilines is 8.